The lowest BCUT2D eigenvalue weighted by atomic mass is 10.2. The maximum Gasteiger partial charge on any atom is 0.332 e. The summed E-state index contributed by atoms with van der Waals surface area (Å²) in [6, 6.07) is 4.58. The molecule has 200 valence electrons. The second-order valence-electron chi connectivity index (χ2n) is 10.3. The quantitative estimate of drug-likeness (QED) is 0.370. The molecule has 0 radical (unpaired) electrons. The van der Waals surface area contributed by atoms with E-state index >= 15 is 0 Å². The molecule has 1 N–H and O–H groups in total. The molecule has 1 saturated heterocycles. The normalized spacial score (nSPS) is 18.7. The van der Waals surface area contributed by atoms with Crippen LogP contribution in [0.25, 0.3) is 22.6 Å². The topological polar surface area (TPSA) is 150 Å². The molecule has 0 spiro atoms. The number of rotatable bonds is 7. The van der Waals surface area contributed by atoms with Crippen LogP contribution in [-0.4, -0.2) is 58.4 Å². The highest BCUT2D eigenvalue weighted by molar-refractivity contribution is 5.93. The van der Waals surface area contributed by atoms with E-state index < -0.39 is 23.2 Å². The molecule has 1 amide bonds. The molecule has 13 heteroatoms. The van der Waals surface area contributed by atoms with Gasteiger partial charge in [-0.25, -0.2) is 24.7 Å². The van der Waals surface area contributed by atoms with Crippen molar-refractivity contribution in [2.24, 2.45) is 18.9 Å². The first-order valence-corrected chi connectivity index (χ1v) is 12.7. The summed E-state index contributed by atoms with van der Waals surface area (Å²) >= 11 is 0. The molecule has 0 aromatic carbocycles. The van der Waals surface area contributed by atoms with E-state index in [9.17, 15) is 19.2 Å². The van der Waals surface area contributed by atoms with Gasteiger partial charge in [0.1, 0.15) is 23.5 Å². The van der Waals surface area contributed by atoms with Crippen molar-refractivity contribution in [2.45, 2.75) is 32.9 Å². The highest BCUT2D eigenvalue weighted by Gasteiger charge is 2.45. The number of nitrogens with one attached hydrogen (secondary N) is 1. The summed E-state index contributed by atoms with van der Waals surface area (Å²) in [5.41, 5.74) is -0.453. The van der Waals surface area contributed by atoms with E-state index in [2.05, 4.69) is 30.2 Å². The number of hydrogen-bond donors (Lipinski definition) is 1. The number of carbonyl (C=O) groups excluding carboxylic acids is 2. The third kappa shape index (κ3) is 4.39. The number of hydrogen-bond acceptors (Lipinski definition) is 9. The number of piperidine rings is 1. The van der Waals surface area contributed by atoms with Crippen LogP contribution in [0.5, 0.6) is 0 Å². The Kier molecular flexibility index (Phi) is 5.85. The molecule has 2 fully saturated rings. The molecule has 1 aliphatic heterocycles. The second-order valence-corrected chi connectivity index (χ2v) is 10.3. The smallest absolute Gasteiger partial charge is 0.332 e. The van der Waals surface area contributed by atoms with E-state index in [-0.39, 0.29) is 29.3 Å². The summed E-state index contributed by atoms with van der Waals surface area (Å²) in [5, 5.41) is 2.76. The Morgan fingerprint density at radius 1 is 1.10 bits per heavy atom. The number of aromatic nitrogens is 7. The van der Waals surface area contributed by atoms with Crippen molar-refractivity contribution in [2.75, 3.05) is 23.3 Å². The second kappa shape index (κ2) is 9.26. The first-order valence-electron chi connectivity index (χ1n) is 12.7. The van der Waals surface area contributed by atoms with E-state index in [1.807, 2.05) is 12.1 Å². The Hall–Kier alpha value is -4.68. The van der Waals surface area contributed by atoms with Gasteiger partial charge < -0.3 is 14.8 Å². The van der Waals surface area contributed by atoms with E-state index in [0.29, 0.717) is 5.82 Å². The molecular weight excluding hydrogens is 502 g/mol. The van der Waals surface area contributed by atoms with Crippen LogP contribution < -0.4 is 21.5 Å². The Morgan fingerprint density at radius 2 is 1.87 bits per heavy atom. The first kappa shape index (κ1) is 24.6. The van der Waals surface area contributed by atoms with Gasteiger partial charge in [0.15, 0.2) is 17.0 Å². The van der Waals surface area contributed by atoms with Crippen molar-refractivity contribution in [1.82, 2.24) is 33.6 Å². The van der Waals surface area contributed by atoms with E-state index in [0.717, 1.165) is 40.9 Å². The molecule has 39 heavy (non-hydrogen) atoms. The molecule has 1 saturated carbocycles. The lowest BCUT2D eigenvalue weighted by Crippen LogP contribution is -2.41. The van der Waals surface area contributed by atoms with Crippen LogP contribution in [-0.2, 0) is 23.2 Å². The molecule has 1 aliphatic carbocycles. The van der Waals surface area contributed by atoms with Gasteiger partial charge in [-0.2, -0.15) is 0 Å². The lowest BCUT2D eigenvalue weighted by molar-refractivity contribution is -0.119. The first-order chi connectivity index (χ1) is 18.7. The molecule has 4 aromatic rings. The number of ketones is 1. The molecule has 5 heterocycles. The molecule has 4 aromatic heterocycles. The third-order valence-corrected chi connectivity index (χ3v) is 7.45. The van der Waals surface area contributed by atoms with Crippen LogP contribution in [0.1, 0.15) is 26.3 Å². The van der Waals surface area contributed by atoms with E-state index in [4.69, 9.17) is 0 Å². The van der Waals surface area contributed by atoms with Gasteiger partial charge in [-0.3, -0.25) is 23.5 Å². The van der Waals surface area contributed by atoms with Crippen molar-refractivity contribution in [3.05, 3.63) is 57.8 Å². The monoisotopic (exact) mass is 529 g/mol. The highest BCUT2D eigenvalue weighted by Crippen LogP contribution is 2.45. The fraction of sp³-hybridized carbons (Fsp3) is 0.385. The molecular formula is C26H27N9O4. The number of imidazole rings is 1. The van der Waals surface area contributed by atoms with Gasteiger partial charge in [0.05, 0.1) is 12.9 Å². The fourth-order valence-electron chi connectivity index (χ4n) is 5.16. The number of carbonyl (C=O) groups is 2. The predicted molar refractivity (Wildman–Crippen MR) is 142 cm³/mol. The summed E-state index contributed by atoms with van der Waals surface area (Å²) in [7, 11) is 1.46. The molecule has 13 nitrogen and oxygen atoms in total. The Balaban J connectivity index is 1.23. The van der Waals surface area contributed by atoms with Crippen molar-refractivity contribution >= 4 is 34.5 Å². The number of anilines is 2. The van der Waals surface area contributed by atoms with Gasteiger partial charge in [-0.05, 0) is 50.3 Å². The Labute approximate surface area is 222 Å². The predicted octanol–water partition coefficient (Wildman–Crippen LogP) is 0.993. The molecule has 2 aliphatic rings. The molecule has 3 atom stereocenters. The number of pyridine rings is 1. The minimum Gasteiger partial charge on any atom is -0.356 e. The van der Waals surface area contributed by atoms with Crippen LogP contribution in [0.15, 0.2) is 46.5 Å². The summed E-state index contributed by atoms with van der Waals surface area (Å²) < 4.78 is 3.41. The average molecular weight is 530 g/mol. The molecule has 0 bridgehead atoms. The zero-order chi connectivity index (χ0) is 27.4. The van der Waals surface area contributed by atoms with E-state index in [1.165, 1.54) is 35.9 Å². The minimum absolute atomic E-state index is 0.0471. The van der Waals surface area contributed by atoms with Crippen LogP contribution in [0.4, 0.5) is 11.6 Å². The third-order valence-electron chi connectivity index (χ3n) is 7.45. The summed E-state index contributed by atoms with van der Waals surface area (Å²) in [5.74, 6) is 2.47. The number of nitrogens with zero attached hydrogens (tertiary/aromatic N) is 8. The van der Waals surface area contributed by atoms with Crippen molar-refractivity contribution in [1.29, 1.82) is 0 Å². The zero-order valence-corrected chi connectivity index (χ0v) is 21.7. The maximum absolute atomic E-state index is 13.2. The van der Waals surface area contributed by atoms with Gasteiger partial charge >= 0.3 is 5.69 Å². The zero-order valence-electron chi connectivity index (χ0n) is 21.7. The highest BCUT2D eigenvalue weighted by atomic mass is 16.2. The van der Waals surface area contributed by atoms with Crippen LogP contribution in [0.3, 0.4) is 0 Å². The maximum atomic E-state index is 13.2. The van der Waals surface area contributed by atoms with Gasteiger partial charge in [0.2, 0.25) is 5.91 Å². The number of amides is 1. The minimum atomic E-state index is -0.878. The Bertz CT molecular complexity index is 1730. The summed E-state index contributed by atoms with van der Waals surface area (Å²) in [6.45, 7) is 4.63. The van der Waals surface area contributed by atoms with Gasteiger partial charge in [0, 0.05) is 38.1 Å². The number of fused-ring (bicyclic) bond motifs is 2. The fourth-order valence-corrected chi connectivity index (χ4v) is 5.16. The number of aryl methyl sites for hydroxylation is 1. The largest absolute Gasteiger partial charge is 0.356 e. The SMILES string of the molecule is CC(=O)Cn1c(=O)c2c(ncn2[C@@H](C)C(=O)Nc2ccnc(-c3ccc(N4CC5CC5C4)nc3)n2)n(C)c1=O. The van der Waals surface area contributed by atoms with Gasteiger partial charge in [-0.1, -0.05) is 0 Å². The van der Waals surface area contributed by atoms with Crippen molar-refractivity contribution in [3.63, 3.8) is 0 Å². The van der Waals surface area contributed by atoms with Gasteiger partial charge in [-0.15, -0.1) is 0 Å². The lowest BCUT2D eigenvalue weighted by Gasteiger charge is -2.18. The number of Topliss-reactive ketones (excluding diaryl/α,β-unsaturated/α-hetero) is 1. The van der Waals surface area contributed by atoms with Crippen LogP contribution in [0.2, 0.25) is 0 Å². The van der Waals surface area contributed by atoms with E-state index in [1.54, 1.807) is 25.4 Å². The summed E-state index contributed by atoms with van der Waals surface area (Å²) in [4.78, 5) is 70.4. The van der Waals surface area contributed by atoms with Crippen molar-refractivity contribution < 1.29 is 9.59 Å². The van der Waals surface area contributed by atoms with Crippen LogP contribution >= 0.6 is 0 Å². The van der Waals surface area contributed by atoms with Crippen molar-refractivity contribution in [3.8, 4) is 11.4 Å². The average Bonchev–Trinajstić information content (AvgIpc) is 3.31. The molecule has 6 rings (SSSR count). The van der Waals surface area contributed by atoms with Gasteiger partial charge in [0.25, 0.3) is 5.56 Å². The van der Waals surface area contributed by atoms with Crippen LogP contribution in [0, 0.1) is 11.8 Å². The Morgan fingerprint density at radius 3 is 2.56 bits per heavy atom. The standard InChI is InChI=1S/C26H27N9O4/c1-14(36)10-34-25(38)21-23(32(3)26(34)39)29-13-35(21)15(2)24(37)31-19-6-7-27-22(30-19)16-4-5-20(28-9-16)33-11-17-8-18(17)12-33/h4-7,9,13,15,17-18H,8,10-12H2,1-3H3,(H,27,30,31,37)/t15-,17?,18?/m0/s1. The summed E-state index contributed by atoms with van der Waals surface area (Å²) in [6.07, 6.45) is 5.94. The molecule has 2 unspecified atom stereocenters.